The molecule has 0 aromatic heterocycles. The minimum atomic E-state index is -4.07. The molecule has 0 fully saturated rings. The number of anilines is 1. The van der Waals surface area contributed by atoms with Crippen LogP contribution < -0.4 is 9.44 Å². The summed E-state index contributed by atoms with van der Waals surface area (Å²) in [5.41, 5.74) is -1.24. The van der Waals surface area contributed by atoms with Crippen LogP contribution in [0.2, 0.25) is 0 Å². The molecule has 0 unspecified atom stereocenters. The lowest BCUT2D eigenvalue weighted by molar-refractivity contribution is -0.384. The predicted octanol–water partition coefficient (Wildman–Crippen LogP) is 0.186. The molecule has 116 valence electrons. The maximum Gasteiger partial charge on any atom is 0.337 e. The third kappa shape index (κ3) is 4.98. The van der Waals surface area contributed by atoms with Crippen molar-refractivity contribution in [1.29, 1.82) is 0 Å². The number of carboxylic acids is 1. The molecule has 0 saturated carbocycles. The number of nitrogens with one attached hydrogen (secondary N) is 2. The van der Waals surface area contributed by atoms with Gasteiger partial charge in [0.2, 0.25) is 0 Å². The fourth-order valence-electron chi connectivity index (χ4n) is 1.38. The smallest absolute Gasteiger partial charge is 0.337 e. The van der Waals surface area contributed by atoms with Crippen LogP contribution >= 0.6 is 0 Å². The Kier molecular flexibility index (Phi) is 5.58. The van der Waals surface area contributed by atoms with Crippen LogP contribution in [0.3, 0.4) is 0 Å². The highest BCUT2D eigenvalue weighted by atomic mass is 32.2. The number of ether oxygens (including phenoxy) is 1. The Labute approximate surface area is 120 Å². The molecule has 0 radical (unpaired) electrons. The molecule has 0 atom stereocenters. The molecule has 0 bridgehead atoms. The van der Waals surface area contributed by atoms with E-state index in [4.69, 9.17) is 5.11 Å². The molecule has 11 heteroatoms. The van der Waals surface area contributed by atoms with E-state index < -0.39 is 38.0 Å². The molecule has 0 amide bonds. The SMILES string of the molecule is COCCNS(=O)(=O)Nc1cc([N+](=O)[O-])ccc1C(=O)O. The summed E-state index contributed by atoms with van der Waals surface area (Å²) in [6.45, 7) is 0.0742. The maximum atomic E-state index is 11.7. The van der Waals surface area contributed by atoms with Gasteiger partial charge >= 0.3 is 5.97 Å². The average molecular weight is 319 g/mol. The van der Waals surface area contributed by atoms with Crippen molar-refractivity contribution in [2.45, 2.75) is 0 Å². The largest absolute Gasteiger partial charge is 0.478 e. The number of rotatable bonds is 8. The Bertz CT molecular complexity index is 644. The fraction of sp³-hybridized carbons (Fsp3) is 0.300. The van der Waals surface area contributed by atoms with Crippen LogP contribution in [-0.4, -0.2) is 44.7 Å². The normalized spacial score (nSPS) is 11.1. The van der Waals surface area contributed by atoms with E-state index in [0.717, 1.165) is 18.2 Å². The molecule has 0 heterocycles. The lowest BCUT2D eigenvalue weighted by Crippen LogP contribution is -2.33. The zero-order valence-corrected chi connectivity index (χ0v) is 11.7. The molecule has 3 N–H and O–H groups in total. The van der Waals surface area contributed by atoms with E-state index >= 15 is 0 Å². The second kappa shape index (κ2) is 6.97. The summed E-state index contributed by atoms with van der Waals surface area (Å²) in [6.07, 6.45) is 0. The van der Waals surface area contributed by atoms with Crippen LogP contribution in [-0.2, 0) is 14.9 Å². The van der Waals surface area contributed by atoms with E-state index in [1.54, 1.807) is 0 Å². The van der Waals surface area contributed by atoms with E-state index in [9.17, 15) is 23.3 Å². The van der Waals surface area contributed by atoms with Crippen molar-refractivity contribution in [3.05, 3.63) is 33.9 Å². The summed E-state index contributed by atoms with van der Waals surface area (Å²) >= 11 is 0. The van der Waals surface area contributed by atoms with Crippen LogP contribution in [0.4, 0.5) is 11.4 Å². The van der Waals surface area contributed by atoms with Gasteiger partial charge in [0.1, 0.15) is 0 Å². The molecule has 10 nitrogen and oxygen atoms in total. The van der Waals surface area contributed by atoms with Crippen molar-refractivity contribution in [2.75, 3.05) is 25.0 Å². The summed E-state index contributed by atoms with van der Waals surface area (Å²) in [7, 11) is -2.69. The molecule has 0 spiro atoms. The zero-order valence-electron chi connectivity index (χ0n) is 10.9. The van der Waals surface area contributed by atoms with Crippen LogP contribution in [0.25, 0.3) is 0 Å². The van der Waals surface area contributed by atoms with Crippen molar-refractivity contribution in [2.24, 2.45) is 0 Å². The van der Waals surface area contributed by atoms with Gasteiger partial charge < -0.3 is 9.84 Å². The van der Waals surface area contributed by atoms with Crippen molar-refractivity contribution in [3.8, 4) is 0 Å². The molecule has 1 aromatic carbocycles. The van der Waals surface area contributed by atoms with Crippen molar-refractivity contribution < 1.29 is 28.0 Å². The number of nitro groups is 1. The minimum absolute atomic E-state index is 0.0385. The molecular formula is C10H13N3O7S. The number of benzene rings is 1. The Morgan fingerprint density at radius 3 is 2.67 bits per heavy atom. The Balaban J connectivity index is 3.06. The molecule has 0 aliphatic rings. The minimum Gasteiger partial charge on any atom is -0.478 e. The number of aromatic carboxylic acids is 1. The number of carboxylic acid groups (broad SMARTS) is 1. The first kappa shape index (κ1) is 16.8. The van der Waals surface area contributed by atoms with E-state index in [2.05, 4.69) is 9.46 Å². The lowest BCUT2D eigenvalue weighted by atomic mass is 10.1. The van der Waals surface area contributed by atoms with Gasteiger partial charge in [-0.05, 0) is 6.07 Å². The first-order valence-corrected chi connectivity index (χ1v) is 7.03. The first-order chi connectivity index (χ1) is 9.76. The third-order valence-corrected chi connectivity index (χ3v) is 3.36. The van der Waals surface area contributed by atoms with Gasteiger partial charge in [-0.15, -0.1) is 0 Å². The third-order valence-electron chi connectivity index (χ3n) is 2.29. The number of nitrogens with zero attached hydrogens (tertiary/aromatic N) is 1. The highest BCUT2D eigenvalue weighted by molar-refractivity contribution is 7.90. The van der Waals surface area contributed by atoms with E-state index in [1.165, 1.54) is 7.11 Å². The maximum absolute atomic E-state index is 11.7. The average Bonchev–Trinajstić information content (AvgIpc) is 2.37. The summed E-state index contributed by atoms with van der Waals surface area (Å²) in [5, 5.41) is 19.6. The van der Waals surface area contributed by atoms with Crippen LogP contribution in [0.5, 0.6) is 0 Å². The Hall–Kier alpha value is -2.24. The van der Waals surface area contributed by atoms with E-state index in [0.29, 0.717) is 0 Å². The fourth-order valence-corrected chi connectivity index (χ4v) is 2.26. The van der Waals surface area contributed by atoms with Crippen LogP contribution in [0.15, 0.2) is 18.2 Å². The highest BCUT2D eigenvalue weighted by Gasteiger charge is 2.19. The lowest BCUT2D eigenvalue weighted by Gasteiger charge is -2.11. The number of nitro benzene ring substituents is 1. The van der Waals surface area contributed by atoms with Gasteiger partial charge in [0.15, 0.2) is 0 Å². The molecular weight excluding hydrogens is 306 g/mol. The highest BCUT2D eigenvalue weighted by Crippen LogP contribution is 2.23. The summed E-state index contributed by atoms with van der Waals surface area (Å²) in [6, 6.07) is 2.76. The standard InChI is InChI=1S/C10H13N3O7S/c1-20-5-4-11-21(18,19)12-9-6-7(13(16)17)2-3-8(9)10(14)15/h2-3,6,11-12H,4-5H2,1H3,(H,14,15). The molecule has 0 aliphatic carbocycles. The van der Waals surface area contributed by atoms with Crippen LogP contribution in [0, 0.1) is 10.1 Å². The quantitative estimate of drug-likeness (QED) is 0.352. The van der Waals surface area contributed by atoms with Crippen molar-refractivity contribution in [3.63, 3.8) is 0 Å². The molecule has 1 aromatic rings. The van der Waals surface area contributed by atoms with Crippen LogP contribution in [0.1, 0.15) is 10.4 Å². The summed E-state index contributed by atoms with van der Waals surface area (Å²) < 4.78 is 32.1. The zero-order chi connectivity index (χ0) is 16.0. The monoisotopic (exact) mass is 319 g/mol. The van der Waals surface area contributed by atoms with E-state index in [1.807, 2.05) is 4.72 Å². The van der Waals surface area contributed by atoms with Gasteiger partial charge in [-0.1, -0.05) is 0 Å². The number of methoxy groups -OCH3 is 1. The topological polar surface area (TPSA) is 148 Å². The second-order valence-electron chi connectivity index (χ2n) is 3.78. The van der Waals surface area contributed by atoms with Crippen molar-refractivity contribution in [1.82, 2.24) is 4.72 Å². The van der Waals surface area contributed by atoms with Gasteiger partial charge in [-0.25, -0.2) is 4.79 Å². The number of hydrogen-bond donors (Lipinski definition) is 3. The predicted molar refractivity (Wildman–Crippen MR) is 72.5 cm³/mol. The summed E-state index contributed by atoms with van der Waals surface area (Å²) in [5.74, 6) is -1.42. The second-order valence-corrected chi connectivity index (χ2v) is 5.28. The Morgan fingerprint density at radius 2 is 2.14 bits per heavy atom. The van der Waals surface area contributed by atoms with E-state index in [-0.39, 0.29) is 13.2 Å². The number of hydrogen-bond acceptors (Lipinski definition) is 6. The van der Waals surface area contributed by atoms with Crippen molar-refractivity contribution >= 4 is 27.6 Å². The van der Waals surface area contributed by atoms with Gasteiger partial charge in [0.25, 0.3) is 15.9 Å². The first-order valence-electron chi connectivity index (χ1n) is 5.55. The molecule has 0 saturated heterocycles. The molecule has 21 heavy (non-hydrogen) atoms. The number of non-ortho nitro benzene ring substituents is 1. The van der Waals surface area contributed by atoms with Gasteiger partial charge in [0.05, 0.1) is 22.8 Å². The Morgan fingerprint density at radius 1 is 1.48 bits per heavy atom. The molecule has 1 rings (SSSR count). The molecule has 0 aliphatic heterocycles. The van der Waals surface area contributed by atoms with Gasteiger partial charge in [-0.3, -0.25) is 14.8 Å². The van der Waals surface area contributed by atoms with Gasteiger partial charge in [0, 0.05) is 25.8 Å². The number of carbonyl (C=O) groups is 1. The summed E-state index contributed by atoms with van der Waals surface area (Å²) in [4.78, 5) is 20.9. The van der Waals surface area contributed by atoms with Gasteiger partial charge in [-0.2, -0.15) is 13.1 Å².